The Morgan fingerprint density at radius 3 is 2.95 bits per heavy atom. The first kappa shape index (κ1) is 15.8. The van der Waals surface area contributed by atoms with Crippen molar-refractivity contribution in [3.8, 4) is 0 Å². The van der Waals surface area contributed by atoms with E-state index in [1.54, 1.807) is 18.2 Å². The van der Waals surface area contributed by atoms with Crippen LogP contribution in [0.25, 0.3) is 0 Å². The lowest BCUT2D eigenvalue weighted by Crippen LogP contribution is -2.17. The van der Waals surface area contributed by atoms with Crippen molar-refractivity contribution >= 4 is 51.8 Å². The number of carbonyl (C=O) groups is 1. The number of thiazole rings is 1. The fraction of sp³-hybridized carbons (Fsp3) is 0.154. The van der Waals surface area contributed by atoms with Crippen molar-refractivity contribution in [2.24, 2.45) is 5.10 Å². The summed E-state index contributed by atoms with van der Waals surface area (Å²) in [6.45, 7) is 1.90. The fourth-order valence-corrected chi connectivity index (χ4v) is 2.87. The van der Waals surface area contributed by atoms with E-state index in [-0.39, 0.29) is 5.91 Å². The molecule has 3 N–H and O–H groups in total. The molecule has 0 spiro atoms. The molecule has 1 amide bonds. The van der Waals surface area contributed by atoms with Crippen LogP contribution in [-0.4, -0.2) is 17.1 Å². The lowest BCUT2D eigenvalue weighted by molar-refractivity contribution is 0.0958. The predicted molar refractivity (Wildman–Crippen MR) is 87.4 cm³/mol. The maximum absolute atomic E-state index is 12.0. The lowest BCUT2D eigenvalue weighted by Gasteiger charge is -2.00. The van der Waals surface area contributed by atoms with Crippen molar-refractivity contribution in [2.45, 2.75) is 13.3 Å². The van der Waals surface area contributed by atoms with Crippen LogP contribution in [0.5, 0.6) is 0 Å². The van der Waals surface area contributed by atoms with Gasteiger partial charge < -0.3 is 5.73 Å². The zero-order chi connectivity index (χ0) is 15.4. The van der Waals surface area contributed by atoms with Gasteiger partial charge in [0, 0.05) is 10.6 Å². The average Bonchev–Trinajstić information content (AvgIpc) is 2.82. The molecule has 0 unspecified atom stereocenters. The van der Waals surface area contributed by atoms with E-state index in [1.807, 2.05) is 6.92 Å². The molecule has 0 radical (unpaired) electrons. The molecule has 1 heterocycles. The molecule has 5 nitrogen and oxygen atoms in total. The van der Waals surface area contributed by atoms with E-state index in [0.717, 1.165) is 11.3 Å². The summed E-state index contributed by atoms with van der Waals surface area (Å²) in [4.78, 5) is 16.6. The summed E-state index contributed by atoms with van der Waals surface area (Å²) in [6.07, 6.45) is 2.08. The molecule has 0 saturated carbocycles. The third-order valence-electron chi connectivity index (χ3n) is 2.59. The van der Waals surface area contributed by atoms with Crippen molar-refractivity contribution in [1.29, 1.82) is 0 Å². The molecule has 2 rings (SSSR count). The third kappa shape index (κ3) is 3.93. The molecule has 0 bridgehead atoms. The van der Waals surface area contributed by atoms with Gasteiger partial charge in [-0.3, -0.25) is 4.79 Å². The highest BCUT2D eigenvalue weighted by molar-refractivity contribution is 7.17. The Bertz CT molecular complexity index is 699. The van der Waals surface area contributed by atoms with Crippen LogP contribution in [0, 0.1) is 0 Å². The van der Waals surface area contributed by atoms with E-state index >= 15 is 0 Å². The second-order valence-corrected chi connectivity index (χ2v) is 5.92. The van der Waals surface area contributed by atoms with Gasteiger partial charge in [-0.05, 0) is 18.6 Å². The van der Waals surface area contributed by atoms with Crippen LogP contribution in [0.4, 0.5) is 5.13 Å². The number of nitrogen functional groups attached to an aromatic ring is 1. The van der Waals surface area contributed by atoms with Gasteiger partial charge in [-0.1, -0.05) is 47.5 Å². The van der Waals surface area contributed by atoms with E-state index in [2.05, 4.69) is 15.5 Å². The highest BCUT2D eigenvalue weighted by atomic mass is 35.5. The van der Waals surface area contributed by atoms with Crippen LogP contribution in [0.3, 0.4) is 0 Å². The Morgan fingerprint density at radius 2 is 2.29 bits per heavy atom. The first-order chi connectivity index (χ1) is 10.0. The van der Waals surface area contributed by atoms with Gasteiger partial charge in [0.2, 0.25) is 0 Å². The van der Waals surface area contributed by atoms with Crippen molar-refractivity contribution in [3.05, 3.63) is 44.4 Å². The number of amides is 1. The minimum atomic E-state index is -0.345. The number of carbonyl (C=O) groups excluding carboxylic acids is 1. The van der Waals surface area contributed by atoms with Gasteiger partial charge in [-0.15, -0.1) is 0 Å². The molecule has 1 aromatic carbocycles. The summed E-state index contributed by atoms with van der Waals surface area (Å²) in [7, 11) is 0. The number of anilines is 1. The SMILES string of the molecule is CCc1nc(N)sc1C(=O)N/N=C\c1ccc(Cl)cc1Cl. The maximum atomic E-state index is 12.0. The molecule has 0 aliphatic carbocycles. The van der Waals surface area contributed by atoms with E-state index in [0.29, 0.717) is 37.7 Å². The Hall–Kier alpha value is -1.63. The first-order valence-electron chi connectivity index (χ1n) is 6.05. The van der Waals surface area contributed by atoms with E-state index < -0.39 is 0 Å². The van der Waals surface area contributed by atoms with E-state index in [4.69, 9.17) is 28.9 Å². The Morgan fingerprint density at radius 1 is 1.52 bits per heavy atom. The van der Waals surface area contributed by atoms with Crippen LogP contribution in [0.2, 0.25) is 10.0 Å². The average molecular weight is 343 g/mol. The molecule has 0 fully saturated rings. The number of nitrogens with two attached hydrogens (primary N) is 1. The molecule has 110 valence electrons. The first-order valence-corrected chi connectivity index (χ1v) is 7.62. The third-order valence-corrected chi connectivity index (χ3v) is 4.08. The smallest absolute Gasteiger partial charge is 0.283 e. The van der Waals surface area contributed by atoms with Gasteiger partial charge in [-0.2, -0.15) is 5.10 Å². The van der Waals surface area contributed by atoms with Crippen LogP contribution in [0.1, 0.15) is 27.9 Å². The van der Waals surface area contributed by atoms with Crippen molar-refractivity contribution in [1.82, 2.24) is 10.4 Å². The molecule has 21 heavy (non-hydrogen) atoms. The summed E-state index contributed by atoms with van der Waals surface area (Å²) in [6, 6.07) is 5.00. The van der Waals surface area contributed by atoms with E-state index in [9.17, 15) is 4.79 Å². The zero-order valence-corrected chi connectivity index (χ0v) is 13.4. The van der Waals surface area contributed by atoms with Crippen molar-refractivity contribution < 1.29 is 4.79 Å². The maximum Gasteiger partial charge on any atom is 0.283 e. The number of nitrogens with zero attached hydrogens (tertiary/aromatic N) is 2. The highest BCUT2D eigenvalue weighted by Gasteiger charge is 2.15. The highest BCUT2D eigenvalue weighted by Crippen LogP contribution is 2.21. The summed E-state index contributed by atoms with van der Waals surface area (Å²) in [5, 5.41) is 5.23. The van der Waals surface area contributed by atoms with Gasteiger partial charge in [0.05, 0.1) is 16.9 Å². The molecule has 0 atom stereocenters. The van der Waals surface area contributed by atoms with Crippen LogP contribution >= 0.6 is 34.5 Å². The topological polar surface area (TPSA) is 80.4 Å². The Labute approximate surface area is 135 Å². The molecular weight excluding hydrogens is 331 g/mol. The second kappa shape index (κ2) is 6.89. The monoisotopic (exact) mass is 342 g/mol. The number of nitrogens with one attached hydrogen (secondary N) is 1. The fourth-order valence-electron chi connectivity index (χ4n) is 1.60. The number of rotatable bonds is 4. The number of hydrogen-bond donors (Lipinski definition) is 2. The summed E-state index contributed by atoms with van der Waals surface area (Å²) in [5.74, 6) is -0.345. The Kier molecular flexibility index (Phi) is 5.17. The number of aromatic nitrogens is 1. The molecular formula is C13H12Cl2N4OS. The quantitative estimate of drug-likeness (QED) is 0.660. The molecule has 0 aliphatic rings. The van der Waals surface area contributed by atoms with Crippen molar-refractivity contribution in [2.75, 3.05) is 5.73 Å². The molecule has 2 aromatic rings. The Balaban J connectivity index is 2.08. The van der Waals surface area contributed by atoms with Gasteiger partial charge >= 0.3 is 0 Å². The van der Waals surface area contributed by atoms with Crippen LogP contribution in [-0.2, 0) is 6.42 Å². The summed E-state index contributed by atoms with van der Waals surface area (Å²) in [5.41, 5.74) is 9.35. The molecule has 0 aliphatic heterocycles. The zero-order valence-electron chi connectivity index (χ0n) is 11.1. The predicted octanol–water partition coefficient (Wildman–Crippen LogP) is 3.36. The summed E-state index contributed by atoms with van der Waals surface area (Å²) >= 11 is 12.9. The van der Waals surface area contributed by atoms with Crippen LogP contribution in [0.15, 0.2) is 23.3 Å². The number of hydrogen-bond acceptors (Lipinski definition) is 5. The minimum Gasteiger partial charge on any atom is -0.375 e. The van der Waals surface area contributed by atoms with Gasteiger partial charge in [0.25, 0.3) is 5.91 Å². The number of halogens is 2. The summed E-state index contributed by atoms with van der Waals surface area (Å²) < 4.78 is 0. The minimum absolute atomic E-state index is 0.345. The number of benzene rings is 1. The van der Waals surface area contributed by atoms with Gasteiger partial charge in [0.1, 0.15) is 4.88 Å². The molecule has 0 saturated heterocycles. The van der Waals surface area contributed by atoms with Gasteiger partial charge in [-0.25, -0.2) is 10.4 Å². The largest absolute Gasteiger partial charge is 0.375 e. The number of hydrazone groups is 1. The van der Waals surface area contributed by atoms with E-state index in [1.165, 1.54) is 6.21 Å². The van der Waals surface area contributed by atoms with Crippen molar-refractivity contribution in [3.63, 3.8) is 0 Å². The second-order valence-electron chi connectivity index (χ2n) is 4.05. The lowest BCUT2D eigenvalue weighted by atomic mass is 10.2. The van der Waals surface area contributed by atoms with Gasteiger partial charge in [0.15, 0.2) is 5.13 Å². The molecule has 8 heteroatoms. The van der Waals surface area contributed by atoms with Crippen LogP contribution < -0.4 is 11.2 Å². The normalized spacial score (nSPS) is 11.0. The molecule has 1 aromatic heterocycles. The number of aryl methyl sites for hydroxylation is 1. The standard InChI is InChI=1S/C13H12Cl2N4OS/c1-2-10-11(21-13(16)18-10)12(20)19-17-6-7-3-4-8(14)5-9(7)15/h3-6H,2H2,1H3,(H2,16,18)(H,19,20)/b17-6-.